The summed E-state index contributed by atoms with van der Waals surface area (Å²) in [5, 5.41) is 2.48. The number of amides is 3. The summed E-state index contributed by atoms with van der Waals surface area (Å²) < 4.78 is 0. The second-order valence-electron chi connectivity index (χ2n) is 6.58. The Morgan fingerprint density at radius 1 is 1.30 bits per heavy atom. The van der Waals surface area contributed by atoms with Crippen molar-refractivity contribution >= 4 is 23.6 Å². The van der Waals surface area contributed by atoms with E-state index in [0.29, 0.717) is 44.2 Å². The van der Waals surface area contributed by atoms with Gasteiger partial charge in [0.1, 0.15) is 23.5 Å². The number of nitrogens with two attached hydrogens (primary N) is 1. The number of nitrogen functional groups attached to an aromatic ring is 1. The second-order valence-corrected chi connectivity index (χ2v) is 6.58. The van der Waals surface area contributed by atoms with Crippen LogP contribution in [0.25, 0.3) is 0 Å². The number of nitrogens with one attached hydrogen (secondary N) is 1. The number of piperidine rings is 1. The molecule has 23 heavy (non-hydrogen) atoms. The Bertz CT molecular complexity index is 624. The number of imide groups is 1. The van der Waals surface area contributed by atoms with Gasteiger partial charge >= 0.3 is 6.03 Å². The summed E-state index contributed by atoms with van der Waals surface area (Å²) in [5.74, 6) is 1.31. The molecule has 0 bridgehead atoms. The third-order valence-electron chi connectivity index (χ3n) is 4.54. The predicted octanol–water partition coefficient (Wildman–Crippen LogP) is 0.606. The molecular formula is C15H22N6O2. The number of aromatic nitrogens is 2. The Morgan fingerprint density at radius 2 is 2.00 bits per heavy atom. The van der Waals surface area contributed by atoms with Crippen molar-refractivity contribution in [1.82, 2.24) is 20.2 Å². The molecule has 0 aromatic carbocycles. The molecule has 0 unspecified atom stereocenters. The van der Waals surface area contributed by atoms with E-state index in [1.807, 2.05) is 13.8 Å². The average Bonchev–Trinajstić information content (AvgIpc) is 2.72. The van der Waals surface area contributed by atoms with Crippen LogP contribution in [0.1, 0.15) is 26.7 Å². The molecule has 8 nitrogen and oxygen atoms in total. The first kappa shape index (κ1) is 15.5. The van der Waals surface area contributed by atoms with Gasteiger partial charge in [-0.3, -0.25) is 10.1 Å². The first-order valence-electron chi connectivity index (χ1n) is 7.88. The molecular weight excluding hydrogens is 296 g/mol. The summed E-state index contributed by atoms with van der Waals surface area (Å²) in [7, 11) is 0. The van der Waals surface area contributed by atoms with Gasteiger partial charge in [0.25, 0.3) is 5.91 Å². The maximum atomic E-state index is 12.4. The van der Waals surface area contributed by atoms with Crippen LogP contribution >= 0.6 is 0 Å². The lowest BCUT2D eigenvalue weighted by Crippen LogP contribution is -2.57. The SMILES string of the molecule is CC(C)CN1C(=O)NC(=O)C12CCN(c1cc(N)ncn1)CC2. The lowest BCUT2D eigenvalue weighted by Gasteiger charge is -2.43. The van der Waals surface area contributed by atoms with Crippen LogP contribution in [0.15, 0.2) is 12.4 Å². The van der Waals surface area contributed by atoms with Crippen LogP contribution < -0.4 is 16.0 Å². The number of urea groups is 1. The van der Waals surface area contributed by atoms with E-state index in [0.717, 1.165) is 5.82 Å². The van der Waals surface area contributed by atoms with Crippen molar-refractivity contribution in [1.29, 1.82) is 0 Å². The van der Waals surface area contributed by atoms with Crippen molar-refractivity contribution in [2.75, 3.05) is 30.3 Å². The van der Waals surface area contributed by atoms with Crippen LogP contribution in [0.5, 0.6) is 0 Å². The van der Waals surface area contributed by atoms with Gasteiger partial charge in [-0.25, -0.2) is 14.8 Å². The second kappa shape index (κ2) is 5.68. The van der Waals surface area contributed by atoms with Crippen LogP contribution in [-0.4, -0.2) is 52.0 Å². The van der Waals surface area contributed by atoms with E-state index in [1.165, 1.54) is 6.33 Å². The topological polar surface area (TPSA) is 104 Å². The fraction of sp³-hybridized carbons (Fsp3) is 0.600. The van der Waals surface area contributed by atoms with Gasteiger partial charge < -0.3 is 15.5 Å². The van der Waals surface area contributed by atoms with E-state index in [9.17, 15) is 9.59 Å². The van der Waals surface area contributed by atoms with E-state index in [4.69, 9.17) is 5.73 Å². The van der Waals surface area contributed by atoms with Gasteiger partial charge in [-0.05, 0) is 18.8 Å². The lowest BCUT2D eigenvalue weighted by atomic mass is 9.85. The quantitative estimate of drug-likeness (QED) is 0.791. The number of nitrogens with zero attached hydrogens (tertiary/aromatic N) is 4. The monoisotopic (exact) mass is 318 g/mol. The molecule has 1 spiro atoms. The zero-order valence-corrected chi connectivity index (χ0v) is 13.5. The molecule has 0 radical (unpaired) electrons. The molecule has 1 aromatic heterocycles. The van der Waals surface area contributed by atoms with Gasteiger partial charge in [0, 0.05) is 25.7 Å². The Morgan fingerprint density at radius 3 is 2.61 bits per heavy atom. The van der Waals surface area contributed by atoms with Gasteiger partial charge in [0.05, 0.1) is 0 Å². The molecule has 3 amide bonds. The Hall–Kier alpha value is -2.38. The molecule has 0 atom stereocenters. The van der Waals surface area contributed by atoms with Crippen molar-refractivity contribution in [3.63, 3.8) is 0 Å². The van der Waals surface area contributed by atoms with Crippen molar-refractivity contribution in [2.24, 2.45) is 5.92 Å². The molecule has 2 fully saturated rings. The minimum Gasteiger partial charge on any atom is -0.384 e. The molecule has 3 heterocycles. The van der Waals surface area contributed by atoms with Crippen LogP contribution in [-0.2, 0) is 4.79 Å². The molecule has 8 heteroatoms. The number of carbonyl (C=O) groups excluding carboxylic acids is 2. The molecule has 2 aliphatic heterocycles. The maximum Gasteiger partial charge on any atom is 0.325 e. The average molecular weight is 318 g/mol. The van der Waals surface area contributed by atoms with E-state index < -0.39 is 5.54 Å². The highest BCUT2D eigenvalue weighted by molar-refractivity contribution is 6.07. The van der Waals surface area contributed by atoms with Crippen LogP contribution in [0.3, 0.4) is 0 Å². The Labute approximate surface area is 135 Å². The molecule has 0 saturated carbocycles. The standard InChI is InChI=1S/C15H22N6O2/c1-10(2)8-21-14(23)19-13(22)15(21)3-5-20(6-4-15)12-7-11(16)17-9-18-12/h7,9-10H,3-6,8H2,1-2H3,(H2,16,17,18)(H,19,22,23). The van der Waals surface area contributed by atoms with Crippen LogP contribution in [0.2, 0.25) is 0 Å². The minimum atomic E-state index is -0.726. The van der Waals surface area contributed by atoms with Crippen molar-refractivity contribution in [3.05, 3.63) is 12.4 Å². The summed E-state index contributed by atoms with van der Waals surface area (Å²) in [6, 6.07) is 1.45. The molecule has 0 aliphatic carbocycles. The van der Waals surface area contributed by atoms with E-state index in [1.54, 1.807) is 11.0 Å². The van der Waals surface area contributed by atoms with Gasteiger partial charge in [0.2, 0.25) is 0 Å². The normalized spacial score (nSPS) is 20.5. The van der Waals surface area contributed by atoms with Crippen molar-refractivity contribution in [2.45, 2.75) is 32.2 Å². The van der Waals surface area contributed by atoms with E-state index >= 15 is 0 Å². The summed E-state index contributed by atoms with van der Waals surface area (Å²) in [5.41, 5.74) is 4.98. The summed E-state index contributed by atoms with van der Waals surface area (Å²) in [4.78, 5) is 36.5. The Balaban J connectivity index is 1.78. The first-order chi connectivity index (χ1) is 10.9. The fourth-order valence-corrected chi connectivity index (χ4v) is 3.36. The van der Waals surface area contributed by atoms with Gasteiger partial charge in [-0.1, -0.05) is 13.8 Å². The number of hydrogen-bond acceptors (Lipinski definition) is 6. The predicted molar refractivity (Wildman–Crippen MR) is 85.7 cm³/mol. The summed E-state index contributed by atoms with van der Waals surface area (Å²) in [6.07, 6.45) is 2.61. The maximum absolute atomic E-state index is 12.4. The third kappa shape index (κ3) is 2.69. The molecule has 2 aliphatic rings. The van der Waals surface area contributed by atoms with E-state index in [-0.39, 0.29) is 11.9 Å². The smallest absolute Gasteiger partial charge is 0.325 e. The molecule has 3 rings (SSSR count). The third-order valence-corrected chi connectivity index (χ3v) is 4.54. The number of anilines is 2. The zero-order valence-electron chi connectivity index (χ0n) is 13.5. The Kier molecular flexibility index (Phi) is 3.83. The van der Waals surface area contributed by atoms with Crippen molar-refractivity contribution < 1.29 is 9.59 Å². The number of hydrogen-bond donors (Lipinski definition) is 2. The van der Waals surface area contributed by atoms with Gasteiger partial charge in [-0.2, -0.15) is 0 Å². The van der Waals surface area contributed by atoms with Crippen molar-refractivity contribution in [3.8, 4) is 0 Å². The highest BCUT2D eigenvalue weighted by atomic mass is 16.2. The highest BCUT2D eigenvalue weighted by Crippen LogP contribution is 2.35. The fourth-order valence-electron chi connectivity index (χ4n) is 3.36. The largest absolute Gasteiger partial charge is 0.384 e. The molecule has 3 N–H and O–H groups in total. The van der Waals surface area contributed by atoms with Gasteiger partial charge in [0.15, 0.2) is 0 Å². The molecule has 2 saturated heterocycles. The first-order valence-corrected chi connectivity index (χ1v) is 7.88. The van der Waals surface area contributed by atoms with Crippen LogP contribution in [0.4, 0.5) is 16.4 Å². The molecule has 124 valence electrons. The summed E-state index contributed by atoms with van der Waals surface area (Å²) in [6.45, 7) is 5.96. The minimum absolute atomic E-state index is 0.176. The van der Waals surface area contributed by atoms with Gasteiger partial charge in [-0.15, -0.1) is 0 Å². The molecule has 1 aromatic rings. The lowest BCUT2D eigenvalue weighted by molar-refractivity contribution is -0.127. The highest BCUT2D eigenvalue weighted by Gasteiger charge is 2.53. The number of carbonyl (C=O) groups is 2. The van der Waals surface area contributed by atoms with Crippen LogP contribution in [0, 0.1) is 5.92 Å². The van der Waals surface area contributed by atoms with E-state index in [2.05, 4.69) is 20.2 Å². The summed E-state index contributed by atoms with van der Waals surface area (Å²) >= 11 is 0. The zero-order chi connectivity index (χ0) is 16.6. The number of rotatable bonds is 3.